The lowest BCUT2D eigenvalue weighted by Crippen LogP contribution is -2.36. The summed E-state index contributed by atoms with van der Waals surface area (Å²) < 4.78 is 10.8. The maximum absolute atomic E-state index is 12.4. The Morgan fingerprint density at radius 2 is 2.10 bits per heavy atom. The molecule has 1 atom stereocenters. The molecule has 5 rings (SSSR count). The molecule has 8 nitrogen and oxygen atoms in total. The zero-order chi connectivity index (χ0) is 19.6. The predicted octanol–water partition coefficient (Wildman–Crippen LogP) is 1.49. The van der Waals surface area contributed by atoms with Crippen molar-refractivity contribution in [1.29, 1.82) is 0 Å². The molecule has 0 radical (unpaired) electrons. The second kappa shape index (κ2) is 7.87. The van der Waals surface area contributed by atoms with Crippen molar-refractivity contribution in [1.82, 2.24) is 20.6 Å². The van der Waals surface area contributed by atoms with Crippen LogP contribution in [0.15, 0.2) is 18.2 Å². The topological polar surface area (TPSA) is 97.4 Å². The summed E-state index contributed by atoms with van der Waals surface area (Å²) in [6.07, 6.45) is 3.68. The average molecular weight is 395 g/mol. The van der Waals surface area contributed by atoms with E-state index in [-0.39, 0.29) is 12.7 Å². The lowest BCUT2D eigenvalue weighted by molar-refractivity contribution is 0.0940. The maximum Gasteiger partial charge on any atom is 0.270 e. The van der Waals surface area contributed by atoms with Crippen LogP contribution in [0.25, 0.3) is 0 Å². The number of benzene rings is 1. The summed E-state index contributed by atoms with van der Waals surface area (Å²) in [5.41, 5.74) is 2.44. The van der Waals surface area contributed by atoms with Crippen molar-refractivity contribution in [3.63, 3.8) is 0 Å². The van der Waals surface area contributed by atoms with E-state index in [1.54, 1.807) is 0 Å². The van der Waals surface area contributed by atoms with Gasteiger partial charge in [-0.1, -0.05) is 6.07 Å². The van der Waals surface area contributed by atoms with E-state index in [1.807, 2.05) is 18.2 Å². The molecular weight excluding hydrogens is 370 g/mol. The zero-order valence-electron chi connectivity index (χ0n) is 16.3. The number of nitrogens with zero attached hydrogens (tertiary/aromatic N) is 2. The Hall–Kier alpha value is -2.87. The minimum Gasteiger partial charge on any atom is -0.454 e. The number of hydrogen-bond acceptors (Lipinski definition) is 7. The number of fused-ring (bicyclic) bond motifs is 2. The summed E-state index contributed by atoms with van der Waals surface area (Å²) >= 11 is 0. The first-order valence-corrected chi connectivity index (χ1v) is 10.3. The summed E-state index contributed by atoms with van der Waals surface area (Å²) in [6, 6.07) is 5.83. The molecule has 1 fully saturated rings. The van der Waals surface area contributed by atoms with Gasteiger partial charge in [0.2, 0.25) is 6.79 Å². The van der Waals surface area contributed by atoms with Gasteiger partial charge in [0, 0.05) is 25.1 Å². The van der Waals surface area contributed by atoms with Crippen LogP contribution in [0.2, 0.25) is 0 Å². The van der Waals surface area contributed by atoms with Crippen LogP contribution in [0.1, 0.15) is 40.3 Å². The highest BCUT2D eigenvalue weighted by molar-refractivity contribution is 5.96. The second-order valence-electron chi connectivity index (χ2n) is 7.78. The molecule has 3 N–H and O–H groups in total. The molecule has 0 saturated carbocycles. The van der Waals surface area contributed by atoms with Gasteiger partial charge in [-0.25, -0.2) is 9.97 Å². The van der Waals surface area contributed by atoms with Crippen LogP contribution in [0.3, 0.4) is 0 Å². The first kappa shape index (κ1) is 18.2. The Labute approximate surface area is 169 Å². The number of amides is 1. The number of rotatable bonds is 5. The Balaban J connectivity index is 1.40. The maximum atomic E-state index is 12.4. The van der Waals surface area contributed by atoms with Gasteiger partial charge in [0.05, 0.1) is 0 Å². The van der Waals surface area contributed by atoms with Crippen molar-refractivity contribution in [2.75, 3.05) is 38.3 Å². The van der Waals surface area contributed by atoms with Gasteiger partial charge in [-0.05, 0) is 56.0 Å². The monoisotopic (exact) mass is 395 g/mol. The predicted molar refractivity (Wildman–Crippen MR) is 108 cm³/mol. The van der Waals surface area contributed by atoms with Crippen molar-refractivity contribution in [2.45, 2.75) is 25.7 Å². The Kier molecular flexibility index (Phi) is 4.93. The lowest BCUT2D eigenvalue weighted by Gasteiger charge is -2.25. The summed E-state index contributed by atoms with van der Waals surface area (Å²) in [5.74, 6) is 3.37. The number of ether oxygens (including phenoxy) is 2. The molecule has 152 valence electrons. The van der Waals surface area contributed by atoms with Crippen molar-refractivity contribution >= 4 is 11.7 Å². The number of aromatic nitrogens is 2. The Bertz CT molecular complexity index is 927. The van der Waals surface area contributed by atoms with Gasteiger partial charge in [0.15, 0.2) is 11.5 Å². The van der Waals surface area contributed by atoms with Crippen LogP contribution in [0.4, 0.5) is 5.82 Å². The van der Waals surface area contributed by atoms with Crippen LogP contribution in [-0.4, -0.2) is 48.8 Å². The highest BCUT2D eigenvalue weighted by Gasteiger charge is 2.25. The first-order valence-electron chi connectivity index (χ1n) is 10.3. The van der Waals surface area contributed by atoms with Crippen molar-refractivity contribution < 1.29 is 14.3 Å². The molecular formula is C21H25N5O3. The molecule has 0 aliphatic carbocycles. The van der Waals surface area contributed by atoms with E-state index in [9.17, 15) is 4.79 Å². The number of nitrogens with one attached hydrogen (secondary N) is 3. The van der Waals surface area contributed by atoms with Gasteiger partial charge in [-0.15, -0.1) is 0 Å². The molecule has 4 heterocycles. The molecule has 1 saturated heterocycles. The zero-order valence-corrected chi connectivity index (χ0v) is 16.3. The van der Waals surface area contributed by atoms with Crippen molar-refractivity contribution in [2.24, 2.45) is 5.92 Å². The molecule has 29 heavy (non-hydrogen) atoms. The van der Waals surface area contributed by atoms with E-state index in [4.69, 9.17) is 14.5 Å². The van der Waals surface area contributed by atoms with Crippen molar-refractivity contribution in [3.8, 4) is 11.5 Å². The molecule has 0 spiro atoms. The van der Waals surface area contributed by atoms with Crippen LogP contribution in [0, 0.1) is 5.92 Å². The van der Waals surface area contributed by atoms with E-state index in [1.165, 1.54) is 12.8 Å². The Morgan fingerprint density at radius 3 is 3.00 bits per heavy atom. The summed E-state index contributed by atoms with van der Waals surface area (Å²) in [7, 11) is 0. The van der Waals surface area contributed by atoms with Gasteiger partial charge in [0.25, 0.3) is 5.91 Å². The summed E-state index contributed by atoms with van der Waals surface area (Å²) in [6.45, 7) is 3.83. The van der Waals surface area contributed by atoms with E-state index in [2.05, 4.69) is 20.9 Å². The molecule has 3 aliphatic rings. The highest BCUT2D eigenvalue weighted by Crippen LogP contribution is 2.33. The van der Waals surface area contributed by atoms with Crippen molar-refractivity contribution in [3.05, 3.63) is 40.8 Å². The fraction of sp³-hybridized carbons (Fsp3) is 0.476. The quantitative estimate of drug-likeness (QED) is 0.706. The third kappa shape index (κ3) is 3.85. The van der Waals surface area contributed by atoms with Crippen LogP contribution < -0.4 is 25.4 Å². The minimum atomic E-state index is -0.122. The molecule has 1 aromatic carbocycles. The fourth-order valence-electron chi connectivity index (χ4n) is 4.14. The van der Waals surface area contributed by atoms with Gasteiger partial charge >= 0.3 is 0 Å². The van der Waals surface area contributed by atoms with E-state index in [0.29, 0.717) is 30.4 Å². The average Bonchev–Trinajstić information content (AvgIpc) is 3.21. The van der Waals surface area contributed by atoms with E-state index < -0.39 is 0 Å². The Morgan fingerprint density at radius 1 is 1.17 bits per heavy atom. The third-order valence-electron chi connectivity index (χ3n) is 5.69. The van der Waals surface area contributed by atoms with E-state index >= 15 is 0 Å². The molecule has 1 amide bonds. The first-order chi connectivity index (χ1) is 14.3. The van der Waals surface area contributed by atoms with Gasteiger partial charge in [-0.2, -0.15) is 0 Å². The number of piperidine rings is 1. The molecule has 1 unspecified atom stereocenters. The number of anilines is 1. The molecule has 3 aliphatic heterocycles. The molecule has 2 aromatic rings. The molecule has 1 aromatic heterocycles. The van der Waals surface area contributed by atoms with Gasteiger partial charge < -0.3 is 25.4 Å². The standard InChI is InChI=1S/C21H25N5O3/c27-21-19-15(5-7-23-21)20(24-11-14-2-1-6-22-10-14)26-18(25-19)9-13-3-4-16-17(8-13)29-12-28-16/h3-4,8,14,22H,1-2,5-7,9-12H2,(H,23,27)(H,24,25,26). The fourth-order valence-corrected chi connectivity index (χ4v) is 4.14. The third-order valence-corrected chi connectivity index (χ3v) is 5.69. The highest BCUT2D eigenvalue weighted by atomic mass is 16.7. The van der Waals surface area contributed by atoms with Gasteiger partial charge in [0.1, 0.15) is 17.3 Å². The lowest BCUT2D eigenvalue weighted by atomic mass is 9.99. The second-order valence-corrected chi connectivity index (χ2v) is 7.78. The van der Waals surface area contributed by atoms with Crippen LogP contribution >= 0.6 is 0 Å². The molecule has 0 bridgehead atoms. The minimum absolute atomic E-state index is 0.122. The SMILES string of the molecule is O=C1NCCc2c(NCC3CCCNC3)nc(Cc3ccc4c(c3)OCO4)nc21. The smallest absolute Gasteiger partial charge is 0.270 e. The van der Waals surface area contributed by atoms with E-state index in [0.717, 1.165) is 54.5 Å². The normalized spacial score (nSPS) is 20.1. The summed E-state index contributed by atoms with van der Waals surface area (Å²) in [5, 5.41) is 9.85. The number of carbonyl (C=O) groups excluding carboxylic acids is 1. The van der Waals surface area contributed by atoms with Crippen LogP contribution in [0.5, 0.6) is 11.5 Å². The largest absolute Gasteiger partial charge is 0.454 e. The molecule has 8 heteroatoms. The van der Waals surface area contributed by atoms with Gasteiger partial charge in [-0.3, -0.25) is 4.79 Å². The summed E-state index contributed by atoms with van der Waals surface area (Å²) in [4.78, 5) is 21.8. The van der Waals surface area contributed by atoms with Crippen LogP contribution in [-0.2, 0) is 12.8 Å². The number of carbonyl (C=O) groups is 1. The number of hydrogen-bond donors (Lipinski definition) is 3.